The first-order valence-electron chi connectivity index (χ1n) is 8.79. The van der Waals surface area contributed by atoms with Crippen LogP contribution in [0.15, 0.2) is 24.3 Å². The lowest BCUT2D eigenvalue weighted by Gasteiger charge is -2.37. The SMILES string of the molecule is COc1ccc(N2CCN(C(=O)C(=O)N3CCN(C=O)CC3)CC2)cc1. The number of hydrogen-bond donors (Lipinski definition) is 0. The largest absolute Gasteiger partial charge is 0.497 e. The molecule has 0 spiro atoms. The highest BCUT2D eigenvalue weighted by atomic mass is 16.5. The fourth-order valence-corrected chi connectivity index (χ4v) is 3.26. The molecule has 2 aliphatic rings. The van der Waals surface area contributed by atoms with Gasteiger partial charge in [-0.05, 0) is 24.3 Å². The van der Waals surface area contributed by atoms with Gasteiger partial charge < -0.3 is 24.3 Å². The molecular formula is C18H24N4O4. The van der Waals surface area contributed by atoms with Crippen LogP contribution < -0.4 is 9.64 Å². The van der Waals surface area contributed by atoms with E-state index in [9.17, 15) is 14.4 Å². The topological polar surface area (TPSA) is 73.4 Å². The second-order valence-corrected chi connectivity index (χ2v) is 6.41. The molecule has 0 aliphatic carbocycles. The fourth-order valence-electron chi connectivity index (χ4n) is 3.26. The first-order chi connectivity index (χ1) is 12.6. The van der Waals surface area contributed by atoms with E-state index < -0.39 is 11.8 Å². The van der Waals surface area contributed by atoms with E-state index in [1.165, 1.54) is 4.90 Å². The third-order valence-electron chi connectivity index (χ3n) is 4.94. The second-order valence-electron chi connectivity index (χ2n) is 6.41. The van der Waals surface area contributed by atoms with Crippen LogP contribution in [0.3, 0.4) is 0 Å². The number of rotatable bonds is 3. The maximum Gasteiger partial charge on any atom is 0.312 e. The normalized spacial score (nSPS) is 17.9. The molecule has 3 rings (SSSR count). The van der Waals surface area contributed by atoms with Crippen LogP contribution in [-0.2, 0) is 14.4 Å². The van der Waals surface area contributed by atoms with Gasteiger partial charge in [0.15, 0.2) is 0 Å². The van der Waals surface area contributed by atoms with Crippen LogP contribution in [0.2, 0.25) is 0 Å². The van der Waals surface area contributed by atoms with Crippen molar-refractivity contribution >= 4 is 23.9 Å². The summed E-state index contributed by atoms with van der Waals surface area (Å²) < 4.78 is 5.17. The lowest BCUT2D eigenvalue weighted by molar-refractivity contribution is -0.153. The van der Waals surface area contributed by atoms with Crippen molar-refractivity contribution in [2.45, 2.75) is 0 Å². The minimum Gasteiger partial charge on any atom is -0.497 e. The smallest absolute Gasteiger partial charge is 0.312 e. The number of ether oxygens (including phenoxy) is 1. The highest BCUT2D eigenvalue weighted by Gasteiger charge is 2.31. The van der Waals surface area contributed by atoms with Crippen molar-refractivity contribution in [2.75, 3.05) is 64.4 Å². The zero-order valence-electron chi connectivity index (χ0n) is 15.0. The van der Waals surface area contributed by atoms with E-state index in [-0.39, 0.29) is 0 Å². The molecule has 2 heterocycles. The van der Waals surface area contributed by atoms with Crippen molar-refractivity contribution in [3.05, 3.63) is 24.3 Å². The molecule has 0 aromatic heterocycles. The van der Waals surface area contributed by atoms with E-state index in [4.69, 9.17) is 4.74 Å². The Morgan fingerprint density at radius 2 is 1.35 bits per heavy atom. The number of carbonyl (C=O) groups is 3. The van der Waals surface area contributed by atoms with E-state index in [0.29, 0.717) is 52.4 Å². The van der Waals surface area contributed by atoms with Gasteiger partial charge in [-0.15, -0.1) is 0 Å². The molecule has 2 saturated heterocycles. The number of benzene rings is 1. The van der Waals surface area contributed by atoms with Gasteiger partial charge in [-0.2, -0.15) is 0 Å². The van der Waals surface area contributed by atoms with Crippen LogP contribution in [0.1, 0.15) is 0 Å². The number of nitrogens with zero attached hydrogens (tertiary/aromatic N) is 4. The molecule has 2 aliphatic heterocycles. The fraction of sp³-hybridized carbons (Fsp3) is 0.500. The molecule has 0 atom stereocenters. The molecule has 8 heteroatoms. The van der Waals surface area contributed by atoms with Gasteiger partial charge in [0.25, 0.3) is 0 Å². The summed E-state index contributed by atoms with van der Waals surface area (Å²) in [7, 11) is 1.63. The monoisotopic (exact) mass is 360 g/mol. The molecular weight excluding hydrogens is 336 g/mol. The third-order valence-corrected chi connectivity index (χ3v) is 4.94. The summed E-state index contributed by atoms with van der Waals surface area (Å²) in [5.74, 6) is -0.102. The van der Waals surface area contributed by atoms with Gasteiger partial charge in [0.2, 0.25) is 6.41 Å². The zero-order valence-corrected chi connectivity index (χ0v) is 15.0. The van der Waals surface area contributed by atoms with Gasteiger partial charge >= 0.3 is 11.8 Å². The quantitative estimate of drug-likeness (QED) is 0.544. The summed E-state index contributed by atoms with van der Waals surface area (Å²) in [5, 5.41) is 0. The summed E-state index contributed by atoms with van der Waals surface area (Å²) in [6.45, 7) is 4.19. The molecule has 140 valence electrons. The Labute approximate surface area is 152 Å². The van der Waals surface area contributed by atoms with Crippen LogP contribution in [0.25, 0.3) is 0 Å². The van der Waals surface area contributed by atoms with Gasteiger partial charge in [-0.1, -0.05) is 0 Å². The predicted octanol–water partition coefficient (Wildman–Crippen LogP) is -0.356. The number of anilines is 1. The highest BCUT2D eigenvalue weighted by Crippen LogP contribution is 2.20. The molecule has 0 unspecified atom stereocenters. The van der Waals surface area contributed by atoms with Crippen molar-refractivity contribution in [2.24, 2.45) is 0 Å². The van der Waals surface area contributed by atoms with Crippen molar-refractivity contribution in [1.29, 1.82) is 0 Å². The minimum absolute atomic E-state index is 0.412. The highest BCUT2D eigenvalue weighted by molar-refractivity contribution is 6.35. The number of amides is 3. The second kappa shape index (κ2) is 8.07. The standard InChI is InChI=1S/C18H24N4O4/c1-26-16-4-2-15(3-5-16)20-10-12-22(13-11-20)18(25)17(24)21-8-6-19(14-23)7-9-21/h2-5,14H,6-13H2,1H3. The Kier molecular flexibility index (Phi) is 5.60. The van der Waals surface area contributed by atoms with E-state index >= 15 is 0 Å². The van der Waals surface area contributed by atoms with Gasteiger partial charge in [-0.3, -0.25) is 14.4 Å². The van der Waals surface area contributed by atoms with Crippen LogP contribution in [0.4, 0.5) is 5.69 Å². The molecule has 0 saturated carbocycles. The van der Waals surface area contributed by atoms with Gasteiger partial charge in [0.1, 0.15) is 5.75 Å². The van der Waals surface area contributed by atoms with E-state index in [1.54, 1.807) is 16.9 Å². The molecule has 26 heavy (non-hydrogen) atoms. The maximum atomic E-state index is 12.5. The molecule has 2 fully saturated rings. The Bertz CT molecular complexity index is 648. The molecule has 3 amide bonds. The average Bonchev–Trinajstić information content (AvgIpc) is 2.73. The molecule has 0 N–H and O–H groups in total. The Morgan fingerprint density at radius 1 is 0.846 bits per heavy atom. The Balaban J connectivity index is 1.51. The summed E-state index contributed by atoms with van der Waals surface area (Å²) in [4.78, 5) is 42.6. The maximum absolute atomic E-state index is 12.5. The van der Waals surface area contributed by atoms with E-state index in [2.05, 4.69) is 4.90 Å². The van der Waals surface area contributed by atoms with Crippen LogP contribution in [-0.4, -0.2) is 92.4 Å². The molecule has 8 nitrogen and oxygen atoms in total. The first-order valence-corrected chi connectivity index (χ1v) is 8.79. The molecule has 0 bridgehead atoms. The average molecular weight is 360 g/mol. The lowest BCUT2D eigenvalue weighted by Crippen LogP contribution is -2.56. The Morgan fingerprint density at radius 3 is 1.81 bits per heavy atom. The molecule has 1 aromatic carbocycles. The third kappa shape index (κ3) is 3.89. The number of piperazine rings is 2. The lowest BCUT2D eigenvalue weighted by atomic mass is 10.2. The van der Waals surface area contributed by atoms with Crippen molar-refractivity contribution in [1.82, 2.24) is 14.7 Å². The molecule has 1 aromatic rings. The van der Waals surface area contributed by atoms with E-state index in [1.807, 2.05) is 24.3 Å². The zero-order chi connectivity index (χ0) is 18.5. The number of methoxy groups -OCH3 is 1. The molecule has 0 radical (unpaired) electrons. The minimum atomic E-state index is -0.464. The number of hydrogen-bond acceptors (Lipinski definition) is 5. The van der Waals surface area contributed by atoms with Crippen LogP contribution in [0.5, 0.6) is 5.75 Å². The van der Waals surface area contributed by atoms with E-state index in [0.717, 1.165) is 17.8 Å². The predicted molar refractivity (Wildman–Crippen MR) is 96.0 cm³/mol. The van der Waals surface area contributed by atoms with Crippen LogP contribution in [0, 0.1) is 0 Å². The summed E-state index contributed by atoms with van der Waals surface area (Å²) >= 11 is 0. The van der Waals surface area contributed by atoms with Crippen LogP contribution >= 0.6 is 0 Å². The van der Waals surface area contributed by atoms with Gasteiger partial charge in [-0.25, -0.2) is 0 Å². The van der Waals surface area contributed by atoms with Gasteiger partial charge in [0.05, 0.1) is 7.11 Å². The van der Waals surface area contributed by atoms with Crippen molar-refractivity contribution in [3.63, 3.8) is 0 Å². The van der Waals surface area contributed by atoms with Gasteiger partial charge in [0, 0.05) is 58.0 Å². The number of carbonyl (C=O) groups excluding carboxylic acids is 3. The first kappa shape index (κ1) is 18.0. The summed E-state index contributed by atoms with van der Waals surface area (Å²) in [6.07, 6.45) is 0.780. The van der Waals surface area contributed by atoms with Crippen molar-refractivity contribution < 1.29 is 19.1 Å². The summed E-state index contributed by atoms with van der Waals surface area (Å²) in [5.41, 5.74) is 1.08. The Hall–Kier alpha value is -2.77. The summed E-state index contributed by atoms with van der Waals surface area (Å²) in [6, 6.07) is 7.81. The van der Waals surface area contributed by atoms with Crippen molar-refractivity contribution in [3.8, 4) is 5.75 Å².